The van der Waals surface area contributed by atoms with Gasteiger partial charge >= 0.3 is 5.97 Å². The molecule has 77 heavy (non-hydrogen) atoms. The van der Waals surface area contributed by atoms with Crippen LogP contribution in [-0.2, 0) is 68.8 Å². The number of carbonyl (C=O) groups excluding carboxylic acids is 8. The summed E-state index contributed by atoms with van der Waals surface area (Å²) < 4.78 is 0. The first-order valence-electron chi connectivity index (χ1n) is 25.4. The molecule has 0 saturated heterocycles. The van der Waals surface area contributed by atoms with Crippen molar-refractivity contribution < 1.29 is 58.5 Å². The number of carboxylic acids is 1. The van der Waals surface area contributed by atoms with Gasteiger partial charge in [-0.05, 0) is 71.6 Å². The molecule has 1 heterocycles. The molecule has 1 aromatic heterocycles. The van der Waals surface area contributed by atoms with Gasteiger partial charge in [0.2, 0.25) is 47.3 Å². The van der Waals surface area contributed by atoms with Gasteiger partial charge in [0, 0.05) is 31.9 Å². The molecule has 0 spiro atoms. The number of hydrogen-bond donors (Lipinski definition) is 13. The van der Waals surface area contributed by atoms with Gasteiger partial charge in [-0.2, -0.15) is 0 Å². The molecule has 23 heteroatoms. The summed E-state index contributed by atoms with van der Waals surface area (Å²) in [5.41, 5.74) is 13.6. The minimum absolute atomic E-state index is 0.0253. The zero-order valence-electron chi connectivity index (χ0n) is 44.1. The maximum atomic E-state index is 14.6. The highest BCUT2D eigenvalue weighted by atomic mass is 16.4. The van der Waals surface area contributed by atoms with E-state index in [0.29, 0.717) is 16.7 Å². The third kappa shape index (κ3) is 20.7. The first-order chi connectivity index (χ1) is 36.4. The van der Waals surface area contributed by atoms with Crippen molar-refractivity contribution in [3.63, 3.8) is 0 Å². The lowest BCUT2D eigenvalue weighted by molar-refractivity contribution is -0.142. The van der Waals surface area contributed by atoms with Crippen LogP contribution in [0.2, 0.25) is 0 Å². The number of imidazole rings is 1. The number of aromatic amines is 1. The molecule has 0 aliphatic carbocycles. The van der Waals surface area contributed by atoms with Crippen LogP contribution < -0.4 is 48.7 Å². The Morgan fingerprint density at radius 1 is 0.494 bits per heavy atom. The molecular formula is C54H73N11O12. The smallest absolute Gasteiger partial charge is 0.326 e. The average molecular weight is 1070 g/mol. The van der Waals surface area contributed by atoms with Gasteiger partial charge in [-0.15, -0.1) is 0 Å². The number of carboxylic acid groups (broad SMARTS) is 1. The minimum atomic E-state index is -1.71. The quantitative estimate of drug-likeness (QED) is 0.0339. The highest BCUT2D eigenvalue weighted by Gasteiger charge is 2.36. The number of carbonyl (C=O) groups is 9. The molecule has 8 atom stereocenters. The van der Waals surface area contributed by atoms with Crippen LogP contribution in [0.1, 0.15) is 83.2 Å². The summed E-state index contributed by atoms with van der Waals surface area (Å²) >= 11 is 0. The number of benzene rings is 3. The van der Waals surface area contributed by atoms with E-state index in [1.54, 1.807) is 71.9 Å². The number of rotatable bonds is 30. The molecule has 0 saturated carbocycles. The van der Waals surface area contributed by atoms with Crippen molar-refractivity contribution in [3.05, 3.63) is 114 Å². The molecule has 4 aromatic rings. The van der Waals surface area contributed by atoms with Crippen LogP contribution in [-0.4, -0.2) is 127 Å². The van der Waals surface area contributed by atoms with Crippen molar-refractivity contribution in [2.24, 2.45) is 29.2 Å². The average Bonchev–Trinajstić information content (AvgIpc) is 3.89. The number of amides is 8. The van der Waals surface area contributed by atoms with E-state index in [1.807, 2.05) is 0 Å². The molecule has 23 nitrogen and oxygen atoms in total. The first kappa shape index (κ1) is 61.2. The second kappa shape index (κ2) is 29.7. The third-order valence-corrected chi connectivity index (χ3v) is 12.3. The normalized spacial score (nSPS) is 14.4. The molecule has 3 aromatic carbocycles. The SMILES string of the molecule is CC(C)C[C@H](NC(=O)[C@H](CC(C)C)NC(=O)[C@H](Cc1ccccc1)NC(=O)[C@H](Cc1c[nH]cn1)NC(=O)[C@H](CC(N)=O)NC(=O)[C@H](Cc1ccc(O)cc1)NC(=O)[C@@H](N)C(C)C)C(=O)N[C@@H](Cc1ccc(O)cc1)C(=O)O. The predicted molar refractivity (Wildman–Crippen MR) is 283 cm³/mol. The highest BCUT2D eigenvalue weighted by Crippen LogP contribution is 2.16. The lowest BCUT2D eigenvalue weighted by Gasteiger charge is -2.28. The fraction of sp³-hybridized carbons (Fsp3) is 0.444. The number of aliphatic carboxylic acids is 1. The van der Waals surface area contributed by atoms with Gasteiger partial charge in [0.25, 0.3) is 0 Å². The maximum absolute atomic E-state index is 14.6. The molecule has 8 amide bonds. The Kier molecular flexibility index (Phi) is 23.6. The van der Waals surface area contributed by atoms with Crippen LogP contribution >= 0.6 is 0 Å². The second-order valence-corrected chi connectivity index (χ2v) is 20.2. The van der Waals surface area contributed by atoms with Gasteiger partial charge < -0.3 is 69.0 Å². The largest absolute Gasteiger partial charge is 0.508 e. The standard InChI is InChI=1S/C54H73N11O12/c1-29(2)20-38(47(69)59-39(21-30(3)4)48(70)65-44(54(76)77)24-34-14-18-37(67)19-15-34)60-49(71)40(22-32-10-8-7-9-11-32)61-51(73)42(25-35-27-57-28-58-35)62-52(74)43(26-45(55)68)63-50(72)41(64-53(75)46(56)31(5)6)23-33-12-16-36(66)17-13-33/h7-19,27-31,38-44,46,66-67H,20-26,56H2,1-6H3,(H2,55,68)(H,57,58)(H,59,69)(H,60,71)(H,61,73)(H,62,74)(H,63,72)(H,64,75)(H,65,70)(H,76,77)/t38-,39-,40-,41-,42-,43-,44-,46-/m0/s1. The van der Waals surface area contributed by atoms with Crippen LogP contribution in [0.3, 0.4) is 0 Å². The molecule has 0 radical (unpaired) electrons. The second-order valence-electron chi connectivity index (χ2n) is 20.2. The van der Waals surface area contributed by atoms with E-state index in [1.165, 1.54) is 61.1 Å². The maximum Gasteiger partial charge on any atom is 0.326 e. The summed E-state index contributed by atoms with van der Waals surface area (Å²) in [6, 6.07) is 9.26. The molecule has 4 rings (SSSR count). The van der Waals surface area contributed by atoms with Gasteiger partial charge in [-0.3, -0.25) is 38.4 Å². The topological polar surface area (TPSA) is 379 Å². The van der Waals surface area contributed by atoms with Crippen LogP contribution in [0.15, 0.2) is 91.4 Å². The van der Waals surface area contributed by atoms with E-state index in [2.05, 4.69) is 47.2 Å². The molecule has 416 valence electrons. The number of hydrogen-bond acceptors (Lipinski definition) is 13. The zero-order valence-corrected chi connectivity index (χ0v) is 44.1. The highest BCUT2D eigenvalue weighted by molar-refractivity contribution is 5.99. The molecular weight excluding hydrogens is 995 g/mol. The lowest BCUT2D eigenvalue weighted by atomic mass is 9.98. The zero-order chi connectivity index (χ0) is 56.9. The van der Waals surface area contributed by atoms with E-state index in [-0.39, 0.29) is 73.5 Å². The number of nitrogens with two attached hydrogens (primary N) is 2. The molecule has 0 aliphatic rings. The number of primary amides is 1. The molecule has 0 unspecified atom stereocenters. The summed E-state index contributed by atoms with van der Waals surface area (Å²) in [4.78, 5) is 130. The number of H-pyrrole nitrogens is 1. The summed E-state index contributed by atoms with van der Waals surface area (Å²) in [6.45, 7) is 10.6. The van der Waals surface area contributed by atoms with Crippen molar-refractivity contribution in [2.45, 2.75) is 135 Å². The molecule has 0 bridgehead atoms. The van der Waals surface area contributed by atoms with Gasteiger partial charge in [0.15, 0.2) is 0 Å². The van der Waals surface area contributed by atoms with Gasteiger partial charge in [-0.25, -0.2) is 9.78 Å². The van der Waals surface area contributed by atoms with Crippen molar-refractivity contribution >= 4 is 53.2 Å². The van der Waals surface area contributed by atoms with Crippen LogP contribution in [0.4, 0.5) is 0 Å². The number of phenols is 2. The predicted octanol–water partition coefficient (Wildman–Crippen LogP) is 0.521. The Hall–Kier alpha value is -8.34. The van der Waals surface area contributed by atoms with Crippen LogP contribution in [0, 0.1) is 17.8 Å². The summed E-state index contributed by atoms with van der Waals surface area (Å²) in [6.07, 6.45) is 1.54. The number of aromatic hydroxyl groups is 2. The Balaban J connectivity index is 1.61. The van der Waals surface area contributed by atoms with Crippen molar-refractivity contribution in [2.75, 3.05) is 0 Å². The van der Waals surface area contributed by atoms with E-state index in [9.17, 15) is 58.5 Å². The fourth-order valence-corrected chi connectivity index (χ4v) is 8.05. The Morgan fingerprint density at radius 3 is 1.26 bits per heavy atom. The summed E-state index contributed by atoms with van der Waals surface area (Å²) in [5, 5.41) is 47.9. The van der Waals surface area contributed by atoms with E-state index in [4.69, 9.17) is 11.5 Å². The number of nitrogens with zero attached hydrogens (tertiary/aromatic N) is 1. The van der Waals surface area contributed by atoms with Gasteiger partial charge in [0.05, 0.1) is 24.5 Å². The summed E-state index contributed by atoms with van der Waals surface area (Å²) in [5.74, 6) is -9.03. The van der Waals surface area contributed by atoms with Crippen LogP contribution in [0.25, 0.3) is 0 Å². The molecule has 0 fully saturated rings. The van der Waals surface area contributed by atoms with E-state index in [0.717, 1.165) is 0 Å². The van der Waals surface area contributed by atoms with Crippen molar-refractivity contribution in [1.29, 1.82) is 0 Å². The Labute approximate surface area is 446 Å². The minimum Gasteiger partial charge on any atom is -0.508 e. The van der Waals surface area contributed by atoms with Gasteiger partial charge in [-0.1, -0.05) is 96.1 Å². The van der Waals surface area contributed by atoms with Gasteiger partial charge in [0.1, 0.15) is 53.8 Å². The summed E-state index contributed by atoms with van der Waals surface area (Å²) in [7, 11) is 0. The number of nitrogens with one attached hydrogen (secondary N) is 8. The van der Waals surface area contributed by atoms with Crippen LogP contribution in [0.5, 0.6) is 11.5 Å². The van der Waals surface area contributed by atoms with Crippen molar-refractivity contribution in [1.82, 2.24) is 47.2 Å². The monoisotopic (exact) mass is 1070 g/mol. The van der Waals surface area contributed by atoms with Crippen molar-refractivity contribution in [3.8, 4) is 11.5 Å². The van der Waals surface area contributed by atoms with E-state index >= 15 is 0 Å². The molecule has 0 aliphatic heterocycles. The third-order valence-electron chi connectivity index (χ3n) is 12.3. The lowest BCUT2D eigenvalue weighted by Crippen LogP contribution is -2.61. The first-order valence-corrected chi connectivity index (χ1v) is 25.4. The van der Waals surface area contributed by atoms with E-state index < -0.39 is 108 Å². The Morgan fingerprint density at radius 2 is 0.857 bits per heavy atom. The number of aromatic nitrogens is 2. The molecule has 15 N–H and O–H groups in total. The fourth-order valence-electron chi connectivity index (χ4n) is 8.05. The number of phenolic OH excluding ortho intramolecular Hbond substituents is 2. The Bertz CT molecular complexity index is 2610.